The molecule has 0 radical (unpaired) electrons. The van der Waals surface area contributed by atoms with Crippen molar-refractivity contribution < 1.29 is 31.5 Å². The molecule has 1 aliphatic rings. The minimum atomic E-state index is -5.10. The summed E-state index contributed by atoms with van der Waals surface area (Å²) < 4.78 is 75.4. The van der Waals surface area contributed by atoms with E-state index in [-0.39, 0.29) is 29.0 Å². The molecule has 2 heterocycles. The van der Waals surface area contributed by atoms with Gasteiger partial charge in [0.05, 0.1) is 11.3 Å². The van der Waals surface area contributed by atoms with Crippen LogP contribution in [-0.2, 0) is 11.2 Å². The van der Waals surface area contributed by atoms with Gasteiger partial charge in [0.2, 0.25) is 11.8 Å². The molecule has 1 aromatic heterocycles. The van der Waals surface area contributed by atoms with Crippen LogP contribution in [0.25, 0.3) is 0 Å². The van der Waals surface area contributed by atoms with E-state index >= 15 is 4.39 Å². The third-order valence-corrected chi connectivity index (χ3v) is 7.85. The standard InChI is InChI=1S/C35H35F5N8O2/c1-2-47-16-18-48(19-17-47)15-13-23-4-3-5-26(20-23)45-34-42-14-12-31(46-34)50-30-11-10-27(21-29(30)37)44-33(49)28(22-41)32(35(38,39)40)43-25-8-6-24(36)7-9-25/h3-12,14,20-22H,2,13,15-19,41H2,1H3,(H,44,49)(H,42,45,46)/b28-22+,43-32?. The number of nitrogens with one attached hydrogen (secondary N) is 2. The number of carbonyl (C=O) groups is 1. The molecule has 4 aromatic rings. The third-order valence-electron chi connectivity index (χ3n) is 7.85. The lowest BCUT2D eigenvalue weighted by Crippen LogP contribution is -2.46. The zero-order valence-electron chi connectivity index (χ0n) is 27.1. The fourth-order valence-electron chi connectivity index (χ4n) is 5.16. The molecule has 1 fully saturated rings. The Labute approximate surface area is 285 Å². The maximum Gasteiger partial charge on any atom is 0.434 e. The van der Waals surface area contributed by atoms with E-state index in [1.54, 1.807) is 0 Å². The van der Waals surface area contributed by atoms with Crippen LogP contribution in [0.1, 0.15) is 12.5 Å². The smallest absolute Gasteiger partial charge is 0.434 e. The summed E-state index contributed by atoms with van der Waals surface area (Å²) in [4.78, 5) is 29.7. The number of hydrogen-bond donors (Lipinski definition) is 3. The number of anilines is 3. The Kier molecular flexibility index (Phi) is 11.7. The number of benzene rings is 3. The fraction of sp³-hybridized carbons (Fsp3) is 0.257. The van der Waals surface area contributed by atoms with Gasteiger partial charge in [0.25, 0.3) is 5.91 Å². The molecule has 1 aliphatic heterocycles. The zero-order valence-corrected chi connectivity index (χ0v) is 27.1. The Morgan fingerprint density at radius 3 is 2.40 bits per heavy atom. The highest BCUT2D eigenvalue weighted by molar-refractivity contribution is 6.27. The Morgan fingerprint density at radius 2 is 1.72 bits per heavy atom. The van der Waals surface area contributed by atoms with Crippen molar-refractivity contribution in [2.24, 2.45) is 10.7 Å². The van der Waals surface area contributed by atoms with Crippen molar-refractivity contribution >= 4 is 34.6 Å². The highest BCUT2D eigenvalue weighted by Gasteiger charge is 2.40. The molecule has 4 N–H and O–H groups in total. The number of likely N-dealkylation sites (N-methyl/N-ethyl adjacent to an activating group) is 1. The molecular formula is C35H35F5N8O2. The number of nitrogens with two attached hydrogens (primary N) is 1. The van der Waals surface area contributed by atoms with Gasteiger partial charge in [-0.25, -0.2) is 18.8 Å². The van der Waals surface area contributed by atoms with Gasteiger partial charge in [-0.15, -0.1) is 0 Å². The number of hydrogen-bond acceptors (Lipinski definition) is 9. The number of halogens is 5. The van der Waals surface area contributed by atoms with Crippen molar-refractivity contribution in [3.05, 3.63) is 108 Å². The molecular weight excluding hydrogens is 659 g/mol. The van der Waals surface area contributed by atoms with Crippen molar-refractivity contribution in [1.82, 2.24) is 19.8 Å². The van der Waals surface area contributed by atoms with E-state index in [0.717, 1.165) is 87.3 Å². The second-order valence-electron chi connectivity index (χ2n) is 11.3. The maximum atomic E-state index is 15.1. The Balaban J connectivity index is 1.21. The van der Waals surface area contributed by atoms with Crippen LogP contribution in [-0.4, -0.2) is 76.8 Å². The van der Waals surface area contributed by atoms with Crippen LogP contribution in [0.2, 0.25) is 0 Å². The van der Waals surface area contributed by atoms with Crippen LogP contribution < -0.4 is 21.1 Å². The second kappa shape index (κ2) is 16.3. The zero-order chi connectivity index (χ0) is 35.7. The normalized spacial score (nSPS) is 14.8. The molecule has 50 heavy (non-hydrogen) atoms. The summed E-state index contributed by atoms with van der Waals surface area (Å²) in [6.07, 6.45) is -2.34. The Bertz CT molecular complexity index is 1840. The van der Waals surface area contributed by atoms with E-state index in [1.807, 2.05) is 18.2 Å². The number of aliphatic imine (C=N–C) groups is 1. The molecule has 0 aliphatic carbocycles. The molecule has 0 unspecified atom stereocenters. The highest BCUT2D eigenvalue weighted by atomic mass is 19.4. The van der Waals surface area contributed by atoms with Gasteiger partial charge in [-0.3, -0.25) is 4.79 Å². The van der Waals surface area contributed by atoms with Crippen LogP contribution in [0.3, 0.4) is 0 Å². The first kappa shape index (κ1) is 35.9. The number of piperazine rings is 1. The lowest BCUT2D eigenvalue weighted by atomic mass is 10.1. The van der Waals surface area contributed by atoms with E-state index in [0.29, 0.717) is 6.20 Å². The number of carbonyl (C=O) groups excluding carboxylic acids is 1. The van der Waals surface area contributed by atoms with Crippen molar-refractivity contribution in [2.45, 2.75) is 19.5 Å². The van der Waals surface area contributed by atoms with Gasteiger partial charge in [0.1, 0.15) is 5.82 Å². The molecule has 15 heteroatoms. The number of aromatic nitrogens is 2. The summed E-state index contributed by atoms with van der Waals surface area (Å²) in [7, 11) is 0. The van der Waals surface area contributed by atoms with E-state index in [4.69, 9.17) is 10.5 Å². The molecule has 0 spiro atoms. The molecule has 3 aromatic carbocycles. The first-order valence-electron chi connectivity index (χ1n) is 15.8. The van der Waals surface area contributed by atoms with E-state index in [9.17, 15) is 22.4 Å². The molecule has 0 atom stereocenters. The van der Waals surface area contributed by atoms with Gasteiger partial charge in [-0.1, -0.05) is 19.1 Å². The van der Waals surface area contributed by atoms with Crippen LogP contribution in [0.4, 0.5) is 45.0 Å². The van der Waals surface area contributed by atoms with Crippen molar-refractivity contribution in [3.63, 3.8) is 0 Å². The average Bonchev–Trinajstić information content (AvgIpc) is 3.09. The van der Waals surface area contributed by atoms with Crippen molar-refractivity contribution in [2.75, 3.05) is 49.9 Å². The van der Waals surface area contributed by atoms with Gasteiger partial charge in [-0.2, -0.15) is 18.2 Å². The number of ether oxygens (including phenoxy) is 1. The number of nitrogens with zero attached hydrogens (tertiary/aromatic N) is 5. The summed E-state index contributed by atoms with van der Waals surface area (Å²) in [5, 5.41) is 5.32. The van der Waals surface area contributed by atoms with Crippen LogP contribution in [0, 0.1) is 11.6 Å². The summed E-state index contributed by atoms with van der Waals surface area (Å²) in [6, 6.07) is 16.4. The van der Waals surface area contributed by atoms with Gasteiger partial charge in [0.15, 0.2) is 17.3 Å². The predicted octanol–water partition coefficient (Wildman–Crippen LogP) is 6.59. The molecule has 0 saturated carbocycles. The Morgan fingerprint density at radius 1 is 0.980 bits per heavy atom. The molecule has 1 saturated heterocycles. The highest BCUT2D eigenvalue weighted by Crippen LogP contribution is 2.29. The van der Waals surface area contributed by atoms with Gasteiger partial charge in [-0.05, 0) is 67.1 Å². The molecule has 10 nitrogen and oxygen atoms in total. The first-order chi connectivity index (χ1) is 24.0. The van der Waals surface area contributed by atoms with Gasteiger partial charge < -0.3 is 30.9 Å². The molecule has 262 valence electrons. The minimum absolute atomic E-state index is 0.0146. The lowest BCUT2D eigenvalue weighted by Gasteiger charge is -2.34. The minimum Gasteiger partial charge on any atom is -0.436 e. The van der Waals surface area contributed by atoms with Gasteiger partial charge in [0, 0.05) is 68.6 Å². The first-order valence-corrected chi connectivity index (χ1v) is 15.8. The van der Waals surface area contributed by atoms with E-state index < -0.39 is 35.0 Å². The average molecular weight is 695 g/mol. The molecule has 5 rings (SSSR count). The summed E-state index contributed by atoms with van der Waals surface area (Å²) in [5.41, 5.74) is 4.21. The van der Waals surface area contributed by atoms with Gasteiger partial charge >= 0.3 is 6.18 Å². The summed E-state index contributed by atoms with van der Waals surface area (Å²) in [6.45, 7) is 8.47. The van der Waals surface area contributed by atoms with E-state index in [2.05, 4.69) is 48.4 Å². The predicted molar refractivity (Wildman–Crippen MR) is 181 cm³/mol. The molecule has 0 bridgehead atoms. The number of rotatable bonds is 12. The second-order valence-corrected chi connectivity index (χ2v) is 11.3. The molecule has 1 amide bonds. The Hall–Kier alpha value is -5.41. The largest absolute Gasteiger partial charge is 0.436 e. The topological polar surface area (TPSA) is 121 Å². The quantitative estimate of drug-likeness (QED) is 0.0864. The lowest BCUT2D eigenvalue weighted by molar-refractivity contribution is -0.113. The maximum absolute atomic E-state index is 15.1. The summed E-state index contributed by atoms with van der Waals surface area (Å²) in [5.74, 6) is -2.96. The monoisotopic (exact) mass is 694 g/mol. The SMILES string of the molecule is CCN1CCN(CCc2cccc(Nc3nccc(Oc4ccc(NC(=O)/C(=C/N)C(=Nc5ccc(F)cc5)C(F)(F)F)cc4F)n3)c2)CC1. The van der Waals surface area contributed by atoms with Crippen molar-refractivity contribution in [1.29, 1.82) is 0 Å². The third kappa shape index (κ3) is 9.83. The number of amides is 1. The van der Waals surface area contributed by atoms with Crippen LogP contribution >= 0.6 is 0 Å². The van der Waals surface area contributed by atoms with Crippen LogP contribution in [0.15, 0.2) is 95.8 Å². The summed E-state index contributed by atoms with van der Waals surface area (Å²) >= 11 is 0. The number of alkyl halides is 3. The van der Waals surface area contributed by atoms with E-state index in [1.165, 1.54) is 24.4 Å². The fourth-order valence-corrected chi connectivity index (χ4v) is 5.16. The van der Waals surface area contributed by atoms with Crippen LogP contribution in [0.5, 0.6) is 11.6 Å². The van der Waals surface area contributed by atoms with Crippen molar-refractivity contribution in [3.8, 4) is 11.6 Å².